The number of anilines is 1. The topological polar surface area (TPSA) is 24.9 Å². The number of aromatic nitrogens is 1. The predicted molar refractivity (Wildman–Crippen MR) is 97.7 cm³/mol. The van der Waals surface area contributed by atoms with Gasteiger partial charge in [0, 0.05) is 34.5 Å². The van der Waals surface area contributed by atoms with Crippen molar-refractivity contribution in [1.82, 2.24) is 4.98 Å². The Kier molecular flexibility index (Phi) is 6.96. The third-order valence-electron chi connectivity index (χ3n) is 3.10. The molecule has 0 unspecified atom stereocenters. The van der Waals surface area contributed by atoms with Gasteiger partial charge < -0.3 is 5.32 Å². The quantitative estimate of drug-likeness (QED) is 0.648. The van der Waals surface area contributed by atoms with Gasteiger partial charge in [0.05, 0.1) is 0 Å². The lowest BCUT2D eigenvalue weighted by atomic mass is 10.1. The van der Waals surface area contributed by atoms with Gasteiger partial charge in [0.1, 0.15) is 0 Å². The molecule has 0 fully saturated rings. The molecule has 0 aliphatic rings. The van der Waals surface area contributed by atoms with E-state index in [-0.39, 0.29) is 24.8 Å². The first kappa shape index (κ1) is 17.8. The van der Waals surface area contributed by atoms with Crippen molar-refractivity contribution in [3.63, 3.8) is 0 Å². The lowest BCUT2D eigenvalue weighted by Gasteiger charge is -2.11. The van der Waals surface area contributed by atoms with Gasteiger partial charge in [-0.05, 0) is 35.2 Å². The van der Waals surface area contributed by atoms with Gasteiger partial charge in [0.25, 0.3) is 0 Å². The first-order valence-corrected chi connectivity index (χ1v) is 6.94. The molecule has 1 aromatic heterocycles. The minimum Gasteiger partial charge on any atom is -0.380 e. The van der Waals surface area contributed by atoms with Crippen molar-refractivity contribution in [2.45, 2.75) is 6.54 Å². The van der Waals surface area contributed by atoms with E-state index < -0.39 is 0 Å². The average Bonchev–Trinajstić information content (AvgIpc) is 2.48. The monoisotopic (exact) mass is 384 g/mol. The Hall–Kier alpha value is -1.29. The fourth-order valence-electron chi connectivity index (χ4n) is 2.11. The smallest absolute Gasteiger partial charge is 0.0423 e. The maximum absolute atomic E-state index is 4.03. The molecule has 21 heavy (non-hydrogen) atoms. The molecular formula is C16H15BrCl2N2. The van der Waals surface area contributed by atoms with Crippen LogP contribution in [0.1, 0.15) is 5.56 Å². The predicted octanol–water partition coefficient (Wildman–Crippen LogP) is 5.45. The van der Waals surface area contributed by atoms with Crippen molar-refractivity contribution >= 4 is 57.2 Å². The summed E-state index contributed by atoms with van der Waals surface area (Å²) in [6, 6.07) is 16.6. The Labute approximate surface area is 144 Å². The highest BCUT2D eigenvalue weighted by molar-refractivity contribution is 9.10. The van der Waals surface area contributed by atoms with E-state index in [1.165, 1.54) is 16.3 Å². The Morgan fingerprint density at radius 1 is 0.857 bits per heavy atom. The van der Waals surface area contributed by atoms with Crippen molar-refractivity contribution in [2.24, 2.45) is 0 Å². The molecule has 5 heteroatoms. The minimum absolute atomic E-state index is 0. The van der Waals surface area contributed by atoms with Crippen LogP contribution in [0.2, 0.25) is 0 Å². The molecule has 2 aromatic carbocycles. The maximum Gasteiger partial charge on any atom is 0.0423 e. The Balaban J connectivity index is 0.00000110. The summed E-state index contributed by atoms with van der Waals surface area (Å²) in [5.41, 5.74) is 2.37. The number of fused-ring (bicyclic) bond motifs is 1. The van der Waals surface area contributed by atoms with Gasteiger partial charge in [-0.25, -0.2) is 0 Å². The third-order valence-corrected chi connectivity index (χ3v) is 3.79. The molecule has 0 saturated carbocycles. The SMILES string of the molecule is Brc1ccc(NCc2ccncc2)c2ccccc12.Cl.Cl. The minimum atomic E-state index is 0. The number of hydrogen-bond acceptors (Lipinski definition) is 2. The second-order valence-corrected chi connectivity index (χ2v) is 5.20. The van der Waals surface area contributed by atoms with Crippen molar-refractivity contribution in [2.75, 3.05) is 5.32 Å². The molecule has 3 aromatic rings. The molecular weight excluding hydrogens is 371 g/mol. The van der Waals surface area contributed by atoms with Gasteiger partial charge in [-0.3, -0.25) is 4.98 Å². The van der Waals surface area contributed by atoms with Crippen LogP contribution < -0.4 is 5.32 Å². The fraction of sp³-hybridized carbons (Fsp3) is 0.0625. The van der Waals surface area contributed by atoms with Crippen molar-refractivity contribution in [3.05, 3.63) is 71.0 Å². The molecule has 1 N–H and O–H groups in total. The summed E-state index contributed by atoms with van der Waals surface area (Å²) < 4.78 is 1.12. The third kappa shape index (κ3) is 4.10. The molecule has 110 valence electrons. The molecule has 0 bridgehead atoms. The zero-order valence-corrected chi connectivity index (χ0v) is 14.3. The summed E-state index contributed by atoms with van der Waals surface area (Å²) in [5, 5.41) is 5.93. The van der Waals surface area contributed by atoms with E-state index in [2.05, 4.69) is 62.6 Å². The standard InChI is InChI=1S/C16H13BrN2.2ClH/c17-15-5-6-16(14-4-2-1-3-13(14)15)19-11-12-7-9-18-10-8-12;;/h1-10,19H,11H2;2*1H. The van der Waals surface area contributed by atoms with Crippen LogP contribution in [0.4, 0.5) is 5.69 Å². The van der Waals surface area contributed by atoms with Crippen LogP contribution >= 0.6 is 40.7 Å². The summed E-state index contributed by atoms with van der Waals surface area (Å²) in [6.45, 7) is 0.800. The maximum atomic E-state index is 4.03. The second-order valence-electron chi connectivity index (χ2n) is 4.35. The van der Waals surface area contributed by atoms with E-state index in [1.807, 2.05) is 24.5 Å². The number of pyridine rings is 1. The van der Waals surface area contributed by atoms with E-state index in [9.17, 15) is 0 Å². The summed E-state index contributed by atoms with van der Waals surface area (Å²) in [6.07, 6.45) is 3.63. The van der Waals surface area contributed by atoms with Crippen LogP contribution in [0.15, 0.2) is 65.4 Å². The van der Waals surface area contributed by atoms with E-state index in [1.54, 1.807) is 0 Å². The van der Waals surface area contributed by atoms with E-state index in [4.69, 9.17) is 0 Å². The Morgan fingerprint density at radius 2 is 1.52 bits per heavy atom. The van der Waals surface area contributed by atoms with Crippen LogP contribution in [0.5, 0.6) is 0 Å². The van der Waals surface area contributed by atoms with Gasteiger partial charge in [0.15, 0.2) is 0 Å². The van der Waals surface area contributed by atoms with Crippen LogP contribution in [0.25, 0.3) is 10.8 Å². The van der Waals surface area contributed by atoms with E-state index in [0.29, 0.717) is 0 Å². The van der Waals surface area contributed by atoms with Crippen molar-refractivity contribution in [3.8, 4) is 0 Å². The van der Waals surface area contributed by atoms with Crippen LogP contribution in [0, 0.1) is 0 Å². The molecule has 3 rings (SSSR count). The number of hydrogen-bond donors (Lipinski definition) is 1. The molecule has 0 saturated heterocycles. The van der Waals surface area contributed by atoms with Crippen LogP contribution in [-0.2, 0) is 6.54 Å². The molecule has 0 aliphatic carbocycles. The molecule has 0 radical (unpaired) electrons. The summed E-state index contributed by atoms with van der Waals surface area (Å²) in [5.74, 6) is 0. The van der Waals surface area contributed by atoms with E-state index >= 15 is 0 Å². The lowest BCUT2D eigenvalue weighted by Crippen LogP contribution is -2.00. The largest absolute Gasteiger partial charge is 0.380 e. The second kappa shape index (κ2) is 8.23. The Bertz CT molecular complexity index is 705. The van der Waals surface area contributed by atoms with Gasteiger partial charge in [-0.2, -0.15) is 0 Å². The number of halogens is 3. The first-order chi connectivity index (χ1) is 9.34. The molecule has 1 heterocycles. The van der Waals surface area contributed by atoms with Gasteiger partial charge >= 0.3 is 0 Å². The normalized spacial score (nSPS) is 9.57. The zero-order valence-electron chi connectivity index (χ0n) is 11.1. The highest BCUT2D eigenvalue weighted by Crippen LogP contribution is 2.30. The van der Waals surface area contributed by atoms with Crippen molar-refractivity contribution < 1.29 is 0 Å². The summed E-state index contributed by atoms with van der Waals surface area (Å²) in [7, 11) is 0. The van der Waals surface area contributed by atoms with Crippen molar-refractivity contribution in [1.29, 1.82) is 0 Å². The van der Waals surface area contributed by atoms with Gasteiger partial charge in [-0.15, -0.1) is 24.8 Å². The van der Waals surface area contributed by atoms with Gasteiger partial charge in [0.2, 0.25) is 0 Å². The molecule has 0 atom stereocenters. The highest BCUT2D eigenvalue weighted by Gasteiger charge is 2.03. The summed E-state index contributed by atoms with van der Waals surface area (Å²) >= 11 is 3.59. The molecule has 2 nitrogen and oxygen atoms in total. The number of nitrogens with zero attached hydrogens (tertiary/aromatic N) is 1. The molecule has 0 amide bonds. The summed E-state index contributed by atoms with van der Waals surface area (Å²) in [4.78, 5) is 4.03. The van der Waals surface area contributed by atoms with Gasteiger partial charge in [-0.1, -0.05) is 40.2 Å². The van der Waals surface area contributed by atoms with Crippen LogP contribution in [-0.4, -0.2) is 4.98 Å². The lowest BCUT2D eigenvalue weighted by molar-refractivity contribution is 1.13. The number of rotatable bonds is 3. The number of nitrogens with one attached hydrogen (secondary N) is 1. The molecule has 0 aliphatic heterocycles. The average molecular weight is 386 g/mol. The van der Waals surface area contributed by atoms with E-state index in [0.717, 1.165) is 16.7 Å². The first-order valence-electron chi connectivity index (χ1n) is 6.14. The van der Waals surface area contributed by atoms with Crippen LogP contribution in [0.3, 0.4) is 0 Å². The fourth-order valence-corrected chi connectivity index (χ4v) is 2.59. The zero-order chi connectivity index (χ0) is 13.1. The highest BCUT2D eigenvalue weighted by atomic mass is 79.9. The Morgan fingerprint density at radius 3 is 2.24 bits per heavy atom. The molecule has 0 spiro atoms. The number of benzene rings is 2.